The SMILES string of the molecule is CC(C)(C)OO.O=S([O-])O.[Na+]. The first kappa shape index (κ1) is 17.9. The molecule has 0 rings (SSSR count). The van der Waals surface area contributed by atoms with Gasteiger partial charge in [-0.15, -0.1) is 0 Å². The second-order valence-corrected chi connectivity index (χ2v) is 2.85. The Morgan fingerprint density at radius 3 is 1.55 bits per heavy atom. The molecule has 0 amide bonds. The standard InChI is InChI=1S/C4H10O2.Na.H2O3S/c1-4(2,3)6-5;;1-4(2)3/h5H,1-3H3;;(H2,1,2,3)/q;+1;/p-1. The maximum atomic E-state index is 8.56. The van der Waals surface area contributed by atoms with Gasteiger partial charge in [-0.1, -0.05) is 0 Å². The minimum Gasteiger partial charge on any atom is -0.750 e. The van der Waals surface area contributed by atoms with Crippen molar-refractivity contribution in [3.8, 4) is 0 Å². The van der Waals surface area contributed by atoms with E-state index in [4.69, 9.17) is 18.6 Å². The van der Waals surface area contributed by atoms with Crippen LogP contribution in [0.5, 0.6) is 0 Å². The second-order valence-electron chi connectivity index (χ2n) is 2.42. The van der Waals surface area contributed by atoms with E-state index < -0.39 is 17.0 Å². The molecule has 2 N–H and O–H groups in total. The Bertz CT molecular complexity index is 97.1. The summed E-state index contributed by atoms with van der Waals surface area (Å²) in [5, 5.41) is 7.90. The van der Waals surface area contributed by atoms with Crippen LogP contribution >= 0.6 is 0 Å². The summed E-state index contributed by atoms with van der Waals surface area (Å²) in [7, 11) is 0. The predicted molar refractivity (Wildman–Crippen MR) is 35.0 cm³/mol. The first-order chi connectivity index (χ1) is 4.29. The van der Waals surface area contributed by atoms with Gasteiger partial charge in [-0.25, -0.2) is 9.10 Å². The Balaban J connectivity index is -0.000000114. The van der Waals surface area contributed by atoms with E-state index in [1.54, 1.807) is 20.8 Å². The summed E-state index contributed by atoms with van der Waals surface area (Å²) in [6.45, 7) is 5.31. The zero-order valence-electron chi connectivity index (χ0n) is 7.03. The van der Waals surface area contributed by atoms with Gasteiger partial charge in [-0.05, 0) is 20.8 Å². The Labute approximate surface area is 90.5 Å². The van der Waals surface area contributed by atoms with Gasteiger partial charge in [0.15, 0.2) is 0 Å². The molecule has 0 aromatic carbocycles. The van der Waals surface area contributed by atoms with E-state index in [9.17, 15) is 0 Å². The van der Waals surface area contributed by atoms with Crippen molar-refractivity contribution in [2.24, 2.45) is 0 Å². The molecule has 0 aliphatic carbocycles. The zero-order valence-corrected chi connectivity index (χ0v) is 9.84. The predicted octanol–water partition coefficient (Wildman–Crippen LogP) is -2.38. The van der Waals surface area contributed by atoms with Gasteiger partial charge >= 0.3 is 29.6 Å². The molecule has 0 aliphatic heterocycles. The van der Waals surface area contributed by atoms with Gasteiger partial charge in [0.2, 0.25) is 0 Å². The summed E-state index contributed by atoms with van der Waals surface area (Å²) in [6.07, 6.45) is 0. The van der Waals surface area contributed by atoms with Gasteiger partial charge in [-0.3, -0.25) is 5.26 Å². The summed E-state index contributed by atoms with van der Waals surface area (Å²) in [5.74, 6) is 0. The smallest absolute Gasteiger partial charge is 0.750 e. The molecule has 64 valence electrons. The van der Waals surface area contributed by atoms with Crippen LogP contribution in [-0.2, 0) is 16.2 Å². The maximum Gasteiger partial charge on any atom is 1.00 e. The Hall–Kier alpha value is 0.990. The molecule has 0 radical (unpaired) electrons. The Morgan fingerprint density at radius 2 is 1.55 bits per heavy atom. The van der Waals surface area contributed by atoms with Crippen molar-refractivity contribution in [2.45, 2.75) is 26.4 Å². The van der Waals surface area contributed by atoms with Crippen LogP contribution in [0.15, 0.2) is 0 Å². The van der Waals surface area contributed by atoms with Crippen LogP contribution in [0.4, 0.5) is 0 Å². The van der Waals surface area contributed by atoms with Crippen molar-refractivity contribution in [1.29, 1.82) is 0 Å². The maximum absolute atomic E-state index is 8.56. The average Bonchev–Trinajstić information content (AvgIpc) is 1.63. The first-order valence-electron chi connectivity index (χ1n) is 2.40. The van der Waals surface area contributed by atoms with E-state index in [0.29, 0.717) is 0 Å². The largest absolute Gasteiger partial charge is 1.00 e. The van der Waals surface area contributed by atoms with E-state index >= 15 is 0 Å². The molecule has 0 aliphatic rings. The number of rotatable bonds is 0. The van der Waals surface area contributed by atoms with E-state index in [0.717, 1.165) is 0 Å². The second kappa shape index (κ2) is 9.08. The minimum absolute atomic E-state index is 0. The van der Waals surface area contributed by atoms with Crippen LogP contribution in [0.25, 0.3) is 0 Å². The fourth-order valence-corrected chi connectivity index (χ4v) is 0. The van der Waals surface area contributed by atoms with Gasteiger partial charge in [0, 0.05) is 0 Å². The monoisotopic (exact) mass is 194 g/mol. The van der Waals surface area contributed by atoms with Gasteiger partial charge in [0.05, 0.1) is 17.0 Å². The molecule has 0 saturated heterocycles. The molecule has 0 spiro atoms. The van der Waals surface area contributed by atoms with Crippen LogP contribution in [-0.4, -0.2) is 24.2 Å². The summed E-state index contributed by atoms with van der Waals surface area (Å²) < 4.78 is 24.1. The number of hydrogen-bond acceptors (Lipinski definition) is 4. The summed E-state index contributed by atoms with van der Waals surface area (Å²) >= 11 is -2.86. The van der Waals surface area contributed by atoms with Crippen molar-refractivity contribution in [3.63, 3.8) is 0 Å². The van der Waals surface area contributed by atoms with Crippen molar-refractivity contribution in [2.75, 3.05) is 0 Å². The zero-order chi connectivity index (χ0) is 8.78. The molecule has 0 bridgehead atoms. The van der Waals surface area contributed by atoms with Gasteiger partial charge in [0.1, 0.15) is 0 Å². The molecule has 0 aromatic rings. The van der Waals surface area contributed by atoms with Crippen LogP contribution in [0.2, 0.25) is 0 Å². The fourth-order valence-electron chi connectivity index (χ4n) is 0. The Morgan fingerprint density at radius 1 is 1.45 bits per heavy atom. The first-order valence-corrected chi connectivity index (χ1v) is 3.43. The third kappa shape index (κ3) is 55.8. The van der Waals surface area contributed by atoms with Gasteiger partial charge in [-0.2, -0.15) is 0 Å². The molecule has 0 heterocycles. The molecule has 7 heteroatoms. The van der Waals surface area contributed by atoms with E-state index in [-0.39, 0.29) is 29.6 Å². The third-order valence-electron chi connectivity index (χ3n) is 0.274. The molecular weight excluding hydrogens is 183 g/mol. The molecule has 0 aromatic heterocycles. The van der Waals surface area contributed by atoms with Crippen LogP contribution in [0.1, 0.15) is 20.8 Å². The molecular formula is C4H11NaO5S. The summed E-state index contributed by atoms with van der Waals surface area (Å²) in [5.41, 5.74) is -0.403. The molecule has 5 nitrogen and oxygen atoms in total. The third-order valence-corrected chi connectivity index (χ3v) is 0.274. The van der Waals surface area contributed by atoms with Crippen LogP contribution < -0.4 is 29.6 Å². The van der Waals surface area contributed by atoms with Gasteiger partial charge in [0.25, 0.3) is 0 Å². The fraction of sp³-hybridized carbons (Fsp3) is 1.00. The molecule has 1 unspecified atom stereocenters. The van der Waals surface area contributed by atoms with Crippen molar-refractivity contribution >= 4 is 11.4 Å². The van der Waals surface area contributed by atoms with Crippen LogP contribution in [0.3, 0.4) is 0 Å². The Kier molecular flexibility index (Phi) is 14.8. The number of hydrogen-bond donors (Lipinski definition) is 2. The summed E-state index contributed by atoms with van der Waals surface area (Å²) in [6, 6.07) is 0. The van der Waals surface area contributed by atoms with Gasteiger partial charge < -0.3 is 9.11 Å². The normalized spacial score (nSPS) is 12.2. The summed E-state index contributed by atoms with van der Waals surface area (Å²) in [4.78, 5) is 3.94. The molecule has 0 saturated carbocycles. The minimum atomic E-state index is -2.86. The molecule has 11 heavy (non-hydrogen) atoms. The van der Waals surface area contributed by atoms with E-state index in [1.807, 2.05) is 0 Å². The average molecular weight is 194 g/mol. The molecule has 1 atom stereocenters. The van der Waals surface area contributed by atoms with Crippen molar-refractivity contribution in [3.05, 3.63) is 0 Å². The molecule has 0 fully saturated rings. The van der Waals surface area contributed by atoms with Crippen LogP contribution in [0, 0.1) is 0 Å². The van der Waals surface area contributed by atoms with E-state index in [2.05, 4.69) is 4.89 Å². The van der Waals surface area contributed by atoms with Crippen molar-refractivity contribution < 1.29 is 53.0 Å². The van der Waals surface area contributed by atoms with Crippen molar-refractivity contribution in [1.82, 2.24) is 0 Å². The quantitative estimate of drug-likeness (QED) is 0.194. The van der Waals surface area contributed by atoms with E-state index in [1.165, 1.54) is 0 Å². The topological polar surface area (TPSA) is 89.8 Å².